The van der Waals surface area contributed by atoms with Crippen LogP contribution in [0.5, 0.6) is 0 Å². The molecular formula is C21H42O4. The number of carbonyl (C=O) groups is 1. The average Bonchev–Trinajstić information content (AvgIpc) is 2.51. The maximum atomic E-state index is 11.1. The maximum absolute atomic E-state index is 11.1. The van der Waals surface area contributed by atoms with Crippen molar-refractivity contribution in [2.24, 2.45) is 5.92 Å². The van der Waals surface area contributed by atoms with Crippen molar-refractivity contribution in [2.75, 3.05) is 0 Å². The molecule has 0 aromatic rings. The zero-order valence-corrected chi connectivity index (χ0v) is 17.5. The Morgan fingerprint density at radius 3 is 1.84 bits per heavy atom. The van der Waals surface area contributed by atoms with E-state index in [-0.39, 0.29) is 24.5 Å². The first-order chi connectivity index (χ1) is 11.8. The van der Waals surface area contributed by atoms with Gasteiger partial charge in [-0.2, -0.15) is 0 Å². The van der Waals surface area contributed by atoms with Gasteiger partial charge in [0.15, 0.2) is 5.79 Å². The van der Waals surface area contributed by atoms with Crippen molar-refractivity contribution >= 4 is 5.97 Å². The highest BCUT2D eigenvalue weighted by Gasteiger charge is 2.40. The van der Waals surface area contributed by atoms with Crippen molar-refractivity contribution in [1.29, 1.82) is 0 Å². The Hall–Kier alpha value is -0.610. The molecule has 150 valence electrons. The van der Waals surface area contributed by atoms with Crippen LogP contribution in [-0.4, -0.2) is 29.1 Å². The molecule has 0 aliphatic heterocycles. The van der Waals surface area contributed by atoms with Crippen molar-refractivity contribution in [2.45, 2.75) is 124 Å². The number of carboxylic acid groups (broad SMARTS) is 1. The van der Waals surface area contributed by atoms with Gasteiger partial charge in [0.05, 0.1) is 12.2 Å². The molecule has 4 nitrogen and oxygen atoms in total. The molecule has 0 saturated heterocycles. The molecular weight excluding hydrogens is 316 g/mol. The number of ether oxygens (including phenoxy) is 2. The van der Waals surface area contributed by atoms with E-state index in [1.165, 1.54) is 32.1 Å². The average molecular weight is 359 g/mol. The van der Waals surface area contributed by atoms with E-state index >= 15 is 0 Å². The Morgan fingerprint density at radius 2 is 1.40 bits per heavy atom. The molecule has 0 saturated carbocycles. The molecule has 1 N–H and O–H groups in total. The van der Waals surface area contributed by atoms with Crippen LogP contribution in [0.15, 0.2) is 0 Å². The molecule has 0 rings (SSSR count). The van der Waals surface area contributed by atoms with Crippen LogP contribution in [0.2, 0.25) is 0 Å². The Labute approximate surface area is 155 Å². The van der Waals surface area contributed by atoms with E-state index in [2.05, 4.69) is 13.8 Å². The summed E-state index contributed by atoms with van der Waals surface area (Å²) in [6, 6.07) is 0. The smallest absolute Gasteiger partial charge is 0.303 e. The van der Waals surface area contributed by atoms with Gasteiger partial charge in [0.25, 0.3) is 0 Å². The SMILES string of the molecule is CCCCCCCCC(CCC(=O)O)C(CC)(OC(C)C)OC(C)C. The van der Waals surface area contributed by atoms with E-state index in [0.717, 1.165) is 19.3 Å². The summed E-state index contributed by atoms with van der Waals surface area (Å²) in [5, 5.41) is 9.15. The molecule has 0 heterocycles. The lowest BCUT2D eigenvalue weighted by Gasteiger charge is -2.42. The molecule has 0 aromatic carbocycles. The van der Waals surface area contributed by atoms with Crippen LogP contribution in [0.4, 0.5) is 0 Å². The molecule has 4 heteroatoms. The molecule has 0 aliphatic carbocycles. The van der Waals surface area contributed by atoms with Gasteiger partial charge in [0, 0.05) is 12.3 Å². The fraction of sp³-hybridized carbons (Fsp3) is 0.952. The van der Waals surface area contributed by atoms with Crippen molar-refractivity contribution in [3.05, 3.63) is 0 Å². The summed E-state index contributed by atoms with van der Waals surface area (Å²) in [7, 11) is 0. The summed E-state index contributed by atoms with van der Waals surface area (Å²) < 4.78 is 12.5. The number of unbranched alkanes of at least 4 members (excludes halogenated alkanes) is 5. The molecule has 1 unspecified atom stereocenters. The van der Waals surface area contributed by atoms with Crippen molar-refractivity contribution in [3.8, 4) is 0 Å². The van der Waals surface area contributed by atoms with Crippen molar-refractivity contribution < 1.29 is 19.4 Å². The van der Waals surface area contributed by atoms with Gasteiger partial charge >= 0.3 is 5.97 Å². The second-order valence-corrected chi connectivity index (χ2v) is 7.68. The van der Waals surface area contributed by atoms with Crippen LogP contribution >= 0.6 is 0 Å². The van der Waals surface area contributed by atoms with Gasteiger partial charge in [-0.1, -0.05) is 52.4 Å². The zero-order chi connectivity index (χ0) is 19.3. The standard InChI is InChI=1S/C21H42O4/c1-7-9-10-11-12-13-14-19(15-16-20(22)23)21(8-2,24-17(3)4)25-18(5)6/h17-19H,7-16H2,1-6H3,(H,22,23). The van der Waals surface area contributed by atoms with Crippen LogP contribution < -0.4 is 0 Å². The zero-order valence-electron chi connectivity index (χ0n) is 17.5. The lowest BCUT2D eigenvalue weighted by Crippen LogP contribution is -2.47. The Kier molecular flexibility index (Phi) is 13.2. The molecule has 0 spiro atoms. The second-order valence-electron chi connectivity index (χ2n) is 7.68. The minimum Gasteiger partial charge on any atom is -0.481 e. The number of carboxylic acids is 1. The molecule has 0 amide bonds. The Morgan fingerprint density at radius 1 is 0.880 bits per heavy atom. The third-order valence-electron chi connectivity index (χ3n) is 4.60. The first kappa shape index (κ1) is 24.4. The lowest BCUT2D eigenvalue weighted by atomic mass is 9.85. The van der Waals surface area contributed by atoms with Gasteiger partial charge in [0.2, 0.25) is 0 Å². The Bertz CT molecular complexity index is 329. The third-order valence-corrected chi connectivity index (χ3v) is 4.60. The van der Waals surface area contributed by atoms with Crippen molar-refractivity contribution in [1.82, 2.24) is 0 Å². The summed E-state index contributed by atoms with van der Waals surface area (Å²) in [5.41, 5.74) is 0. The van der Waals surface area contributed by atoms with Gasteiger partial charge in [-0.3, -0.25) is 4.79 Å². The van der Waals surface area contributed by atoms with Gasteiger partial charge in [-0.05, 0) is 47.0 Å². The minimum atomic E-state index is -0.743. The second kappa shape index (κ2) is 13.6. The fourth-order valence-corrected chi connectivity index (χ4v) is 3.53. The van der Waals surface area contributed by atoms with E-state index in [1.807, 2.05) is 27.7 Å². The predicted molar refractivity (Wildman–Crippen MR) is 104 cm³/mol. The first-order valence-corrected chi connectivity index (χ1v) is 10.3. The third kappa shape index (κ3) is 10.9. The van der Waals surface area contributed by atoms with E-state index < -0.39 is 11.8 Å². The Balaban J connectivity index is 5.00. The molecule has 25 heavy (non-hydrogen) atoms. The van der Waals surface area contributed by atoms with Crippen LogP contribution in [0.1, 0.15) is 106 Å². The summed E-state index contributed by atoms with van der Waals surface area (Å²) in [5.74, 6) is -1.31. The van der Waals surface area contributed by atoms with E-state index in [0.29, 0.717) is 6.42 Å². The number of rotatable bonds is 16. The van der Waals surface area contributed by atoms with E-state index in [4.69, 9.17) is 14.6 Å². The molecule has 0 aromatic heterocycles. The van der Waals surface area contributed by atoms with Crippen molar-refractivity contribution in [3.63, 3.8) is 0 Å². The molecule has 1 atom stereocenters. The van der Waals surface area contributed by atoms with Gasteiger partial charge < -0.3 is 14.6 Å². The predicted octanol–water partition coefficient (Wildman–Crippen LogP) is 6.17. The normalized spacial score (nSPS) is 13.6. The van der Waals surface area contributed by atoms with E-state index in [9.17, 15) is 4.79 Å². The van der Waals surface area contributed by atoms with Crippen LogP contribution in [0.25, 0.3) is 0 Å². The summed E-state index contributed by atoms with van der Waals surface area (Å²) in [6.07, 6.45) is 10.0. The minimum absolute atomic E-state index is 0.0515. The highest BCUT2D eigenvalue weighted by molar-refractivity contribution is 5.66. The van der Waals surface area contributed by atoms with E-state index in [1.54, 1.807) is 0 Å². The summed E-state index contributed by atoms with van der Waals surface area (Å²) in [6.45, 7) is 12.4. The summed E-state index contributed by atoms with van der Waals surface area (Å²) >= 11 is 0. The monoisotopic (exact) mass is 358 g/mol. The fourth-order valence-electron chi connectivity index (χ4n) is 3.53. The molecule has 0 bridgehead atoms. The topological polar surface area (TPSA) is 55.8 Å². The molecule has 0 fully saturated rings. The van der Waals surface area contributed by atoms with Crippen LogP contribution in [0, 0.1) is 5.92 Å². The highest BCUT2D eigenvalue weighted by Crippen LogP contribution is 2.37. The van der Waals surface area contributed by atoms with Gasteiger partial charge in [-0.15, -0.1) is 0 Å². The lowest BCUT2D eigenvalue weighted by molar-refractivity contribution is -0.299. The number of aliphatic carboxylic acids is 1. The summed E-state index contributed by atoms with van der Waals surface area (Å²) in [4.78, 5) is 11.1. The number of hydrogen-bond donors (Lipinski definition) is 1. The molecule has 0 radical (unpaired) electrons. The quantitative estimate of drug-likeness (QED) is 0.264. The van der Waals surface area contributed by atoms with Crippen LogP contribution in [0.3, 0.4) is 0 Å². The largest absolute Gasteiger partial charge is 0.481 e. The maximum Gasteiger partial charge on any atom is 0.303 e. The highest BCUT2D eigenvalue weighted by atomic mass is 16.7. The first-order valence-electron chi connectivity index (χ1n) is 10.3. The van der Waals surface area contributed by atoms with Crippen LogP contribution in [-0.2, 0) is 14.3 Å². The van der Waals surface area contributed by atoms with Gasteiger partial charge in [0.1, 0.15) is 0 Å². The van der Waals surface area contributed by atoms with Gasteiger partial charge in [-0.25, -0.2) is 0 Å². The molecule has 0 aliphatic rings. The number of hydrogen-bond acceptors (Lipinski definition) is 3.